The molecule has 0 aliphatic carbocycles. The van der Waals surface area contributed by atoms with Gasteiger partial charge in [-0.15, -0.1) is 0 Å². The number of methoxy groups -OCH3 is 1. The Morgan fingerprint density at radius 1 is 1.20 bits per heavy atom. The van der Waals surface area contributed by atoms with Gasteiger partial charge in [0.15, 0.2) is 6.20 Å². The van der Waals surface area contributed by atoms with Crippen LogP contribution in [0.15, 0.2) is 36.5 Å². The Kier molecular flexibility index (Phi) is 4.18. The Morgan fingerprint density at radius 2 is 1.95 bits per heavy atom. The fourth-order valence-corrected chi connectivity index (χ4v) is 2.24. The Morgan fingerprint density at radius 3 is 2.65 bits per heavy atom. The normalized spacial score (nSPS) is 10.4. The summed E-state index contributed by atoms with van der Waals surface area (Å²) in [4.78, 5) is 11.7. The monoisotopic (exact) mass is 270 g/mol. The summed E-state index contributed by atoms with van der Waals surface area (Å²) in [5.41, 5.74) is 5.48. The summed E-state index contributed by atoms with van der Waals surface area (Å²) in [5, 5.41) is 0. The second kappa shape index (κ2) is 5.87. The molecule has 1 aromatic carbocycles. The molecule has 0 aliphatic heterocycles. The number of aromatic nitrogens is 1. The number of carbonyl (C=O) groups excluding carboxylic acids is 1. The zero-order valence-corrected chi connectivity index (χ0v) is 12.4. The van der Waals surface area contributed by atoms with Gasteiger partial charge in [0.25, 0.3) is 5.69 Å². The molecule has 0 amide bonds. The standard InChI is InChI=1S/C17H20NO2/c1-12-5-6-13(2)15(9-12)10-14-7-8-18(3)16(11-14)17(19)20-4/h5-9,11H,10H2,1-4H3/q+1. The van der Waals surface area contributed by atoms with Gasteiger partial charge >= 0.3 is 5.97 Å². The van der Waals surface area contributed by atoms with Crippen LogP contribution in [0.4, 0.5) is 0 Å². The number of carbonyl (C=O) groups is 1. The largest absolute Gasteiger partial charge is 0.461 e. The molecule has 20 heavy (non-hydrogen) atoms. The summed E-state index contributed by atoms with van der Waals surface area (Å²) < 4.78 is 6.58. The van der Waals surface area contributed by atoms with Crippen LogP contribution >= 0.6 is 0 Å². The molecule has 1 aromatic heterocycles. The molecule has 2 aromatic rings. The number of benzene rings is 1. The lowest BCUT2D eigenvalue weighted by Gasteiger charge is -2.07. The average molecular weight is 270 g/mol. The van der Waals surface area contributed by atoms with Gasteiger partial charge in [-0.05, 0) is 37.0 Å². The van der Waals surface area contributed by atoms with Crippen molar-refractivity contribution in [1.29, 1.82) is 0 Å². The molecular weight excluding hydrogens is 250 g/mol. The van der Waals surface area contributed by atoms with Crippen molar-refractivity contribution in [1.82, 2.24) is 0 Å². The third kappa shape index (κ3) is 3.05. The fraction of sp³-hybridized carbons (Fsp3) is 0.294. The van der Waals surface area contributed by atoms with E-state index in [0.717, 1.165) is 12.0 Å². The van der Waals surface area contributed by atoms with Crippen molar-refractivity contribution in [2.75, 3.05) is 7.11 Å². The van der Waals surface area contributed by atoms with E-state index in [2.05, 4.69) is 32.0 Å². The van der Waals surface area contributed by atoms with E-state index in [4.69, 9.17) is 4.74 Å². The molecule has 3 heteroatoms. The van der Waals surface area contributed by atoms with Gasteiger partial charge < -0.3 is 4.74 Å². The van der Waals surface area contributed by atoms with Crippen molar-refractivity contribution >= 4 is 5.97 Å². The molecule has 1 heterocycles. The first-order chi connectivity index (χ1) is 9.51. The van der Waals surface area contributed by atoms with Crippen LogP contribution in [-0.2, 0) is 18.2 Å². The first kappa shape index (κ1) is 14.3. The van der Waals surface area contributed by atoms with E-state index in [1.165, 1.54) is 23.8 Å². The van der Waals surface area contributed by atoms with Gasteiger partial charge in [-0.25, -0.2) is 4.79 Å². The highest BCUT2D eigenvalue weighted by Gasteiger charge is 2.18. The Bertz CT molecular complexity index is 647. The molecule has 0 saturated heterocycles. The first-order valence-corrected chi connectivity index (χ1v) is 6.64. The summed E-state index contributed by atoms with van der Waals surface area (Å²) in [5.74, 6) is -0.310. The molecule has 0 aliphatic rings. The third-order valence-corrected chi connectivity index (χ3v) is 3.51. The van der Waals surface area contributed by atoms with Gasteiger partial charge in [0.1, 0.15) is 7.05 Å². The highest BCUT2D eigenvalue weighted by molar-refractivity contribution is 5.85. The second-order valence-corrected chi connectivity index (χ2v) is 5.13. The summed E-state index contributed by atoms with van der Waals surface area (Å²) in [6, 6.07) is 10.4. The maximum absolute atomic E-state index is 11.7. The summed E-state index contributed by atoms with van der Waals surface area (Å²) in [7, 11) is 3.24. The van der Waals surface area contributed by atoms with Gasteiger partial charge in [0.2, 0.25) is 0 Å². The molecule has 0 unspecified atom stereocenters. The predicted molar refractivity (Wildman–Crippen MR) is 77.7 cm³/mol. The van der Waals surface area contributed by atoms with Crippen LogP contribution in [0.5, 0.6) is 0 Å². The van der Waals surface area contributed by atoms with Crippen LogP contribution in [0.3, 0.4) is 0 Å². The quantitative estimate of drug-likeness (QED) is 0.633. The van der Waals surface area contributed by atoms with Gasteiger partial charge in [-0.1, -0.05) is 23.8 Å². The number of aryl methyl sites for hydroxylation is 3. The maximum atomic E-state index is 11.7. The number of nitrogens with zero attached hydrogens (tertiary/aromatic N) is 1. The van der Waals surface area contributed by atoms with Crippen molar-refractivity contribution in [2.45, 2.75) is 20.3 Å². The number of hydrogen-bond donors (Lipinski definition) is 0. The second-order valence-electron chi connectivity index (χ2n) is 5.13. The average Bonchev–Trinajstić information content (AvgIpc) is 2.44. The SMILES string of the molecule is COC(=O)c1cc(Cc2cc(C)ccc2C)cc[n+]1C. The Balaban J connectivity index is 2.34. The van der Waals surface area contributed by atoms with E-state index in [0.29, 0.717) is 5.69 Å². The number of ether oxygens (including phenoxy) is 1. The van der Waals surface area contributed by atoms with Crippen molar-refractivity contribution in [3.63, 3.8) is 0 Å². The lowest BCUT2D eigenvalue weighted by molar-refractivity contribution is -0.674. The molecule has 0 bridgehead atoms. The number of rotatable bonds is 3. The number of esters is 1. The van der Waals surface area contributed by atoms with Crippen molar-refractivity contribution in [3.8, 4) is 0 Å². The molecule has 0 saturated carbocycles. The van der Waals surface area contributed by atoms with Crippen LogP contribution in [0.2, 0.25) is 0 Å². The zero-order valence-electron chi connectivity index (χ0n) is 12.4. The minimum Gasteiger partial charge on any atom is -0.461 e. The molecule has 0 radical (unpaired) electrons. The van der Waals surface area contributed by atoms with E-state index in [1.54, 1.807) is 4.57 Å². The van der Waals surface area contributed by atoms with Gasteiger partial charge in [0.05, 0.1) is 7.11 Å². The van der Waals surface area contributed by atoms with E-state index in [-0.39, 0.29) is 5.97 Å². The van der Waals surface area contributed by atoms with Crippen molar-refractivity contribution in [2.24, 2.45) is 7.05 Å². The molecule has 2 rings (SSSR count). The van der Waals surface area contributed by atoms with E-state index < -0.39 is 0 Å². The number of pyridine rings is 1. The zero-order chi connectivity index (χ0) is 14.7. The van der Waals surface area contributed by atoms with Crippen molar-refractivity contribution in [3.05, 3.63) is 64.5 Å². The summed E-state index contributed by atoms with van der Waals surface area (Å²) in [6.07, 6.45) is 2.71. The van der Waals surface area contributed by atoms with Crippen molar-refractivity contribution < 1.29 is 14.1 Å². The maximum Gasteiger partial charge on any atom is 0.403 e. The lowest BCUT2D eigenvalue weighted by Crippen LogP contribution is -2.36. The molecule has 0 atom stereocenters. The highest BCUT2D eigenvalue weighted by Crippen LogP contribution is 2.15. The lowest BCUT2D eigenvalue weighted by atomic mass is 9.99. The minimum atomic E-state index is -0.310. The molecule has 104 valence electrons. The van der Waals surface area contributed by atoms with Crippen LogP contribution in [0.25, 0.3) is 0 Å². The van der Waals surface area contributed by atoms with Crippen LogP contribution < -0.4 is 4.57 Å². The van der Waals surface area contributed by atoms with E-state index in [1.807, 2.05) is 25.4 Å². The Labute approximate surface area is 119 Å². The van der Waals surface area contributed by atoms with E-state index in [9.17, 15) is 4.79 Å². The van der Waals surface area contributed by atoms with E-state index >= 15 is 0 Å². The third-order valence-electron chi connectivity index (χ3n) is 3.51. The van der Waals surface area contributed by atoms with Crippen LogP contribution in [0, 0.1) is 13.8 Å². The number of hydrogen-bond acceptors (Lipinski definition) is 2. The van der Waals surface area contributed by atoms with Crippen LogP contribution in [-0.4, -0.2) is 13.1 Å². The topological polar surface area (TPSA) is 30.2 Å². The first-order valence-electron chi connectivity index (χ1n) is 6.64. The van der Waals surface area contributed by atoms with Crippen LogP contribution in [0.1, 0.15) is 32.7 Å². The van der Waals surface area contributed by atoms with Gasteiger partial charge in [-0.2, -0.15) is 4.57 Å². The predicted octanol–water partition coefficient (Wildman–Crippen LogP) is 2.51. The summed E-state index contributed by atoms with van der Waals surface area (Å²) in [6.45, 7) is 4.20. The highest BCUT2D eigenvalue weighted by atomic mass is 16.5. The smallest absolute Gasteiger partial charge is 0.403 e. The Hall–Kier alpha value is -2.16. The van der Waals surface area contributed by atoms with Gasteiger partial charge in [-0.3, -0.25) is 0 Å². The molecule has 0 N–H and O–H groups in total. The minimum absolute atomic E-state index is 0.310. The summed E-state index contributed by atoms with van der Waals surface area (Å²) >= 11 is 0. The molecule has 3 nitrogen and oxygen atoms in total. The molecule has 0 spiro atoms. The molecular formula is C17H20NO2+. The fourth-order valence-electron chi connectivity index (χ4n) is 2.24. The molecule has 0 fully saturated rings. The van der Waals surface area contributed by atoms with Gasteiger partial charge in [0, 0.05) is 12.1 Å².